The van der Waals surface area contributed by atoms with Crippen LogP contribution < -0.4 is 4.74 Å². The van der Waals surface area contributed by atoms with Gasteiger partial charge in [-0.3, -0.25) is 9.78 Å². The molecule has 9 heteroatoms. The minimum Gasteiger partial charge on any atom is -0.406 e. The average molecular weight is 331 g/mol. The highest BCUT2D eigenvalue weighted by atomic mass is 32.2. The third-order valence-electron chi connectivity index (χ3n) is 2.56. The minimum atomic E-state index is -4.85. The molecule has 0 amide bonds. The zero-order chi connectivity index (χ0) is 16.4. The lowest BCUT2D eigenvalue weighted by Gasteiger charge is -2.09. The largest absolute Gasteiger partial charge is 0.573 e. The van der Waals surface area contributed by atoms with Crippen LogP contribution in [0.4, 0.5) is 13.2 Å². The molecule has 0 fully saturated rings. The number of aromatic nitrogens is 1. The van der Waals surface area contributed by atoms with Crippen LogP contribution in [0.15, 0.2) is 52.4 Å². The lowest BCUT2D eigenvalue weighted by atomic mass is 10.3. The third kappa shape index (κ3) is 3.61. The van der Waals surface area contributed by atoms with Crippen molar-refractivity contribution in [2.75, 3.05) is 0 Å². The molecular formula is C13H8F3NO4S. The summed E-state index contributed by atoms with van der Waals surface area (Å²) in [6.45, 7) is 0. The molecule has 0 N–H and O–H groups in total. The maximum absolute atomic E-state index is 12.2. The summed E-state index contributed by atoms with van der Waals surface area (Å²) in [5.74, 6) is -0.527. The van der Waals surface area contributed by atoms with Crippen molar-refractivity contribution in [3.05, 3.63) is 48.3 Å². The predicted octanol–water partition coefficient (Wildman–Crippen LogP) is 2.63. The molecule has 0 radical (unpaired) electrons. The Morgan fingerprint density at radius 2 is 1.59 bits per heavy atom. The van der Waals surface area contributed by atoms with E-state index in [9.17, 15) is 26.4 Å². The monoisotopic (exact) mass is 331 g/mol. The van der Waals surface area contributed by atoms with Gasteiger partial charge < -0.3 is 4.74 Å². The maximum atomic E-state index is 12.2. The van der Waals surface area contributed by atoms with Crippen molar-refractivity contribution in [1.82, 2.24) is 4.98 Å². The highest BCUT2D eigenvalue weighted by Gasteiger charge is 2.31. The molecule has 1 aromatic carbocycles. The molecule has 1 aromatic heterocycles. The number of rotatable bonds is 4. The molecule has 1 heterocycles. The third-order valence-corrected chi connectivity index (χ3v) is 4.31. The number of alkyl halides is 3. The summed E-state index contributed by atoms with van der Waals surface area (Å²) in [5.41, 5.74) is 0.0628. The molecule has 2 rings (SSSR count). The second-order valence-corrected chi connectivity index (χ2v) is 6.01. The number of carbonyl (C=O) groups excluding carboxylic acids is 1. The molecule has 116 valence electrons. The van der Waals surface area contributed by atoms with Crippen molar-refractivity contribution in [2.24, 2.45) is 0 Å². The van der Waals surface area contributed by atoms with E-state index >= 15 is 0 Å². The Hall–Kier alpha value is -2.42. The number of aldehydes is 1. The molecule has 0 aliphatic carbocycles. The zero-order valence-electron chi connectivity index (χ0n) is 10.7. The Morgan fingerprint density at radius 1 is 1.00 bits per heavy atom. The SMILES string of the molecule is O=Cc1ccc(S(=O)(=O)c2ccc(OC(F)(F)F)cc2)cn1. The molecule has 2 aromatic rings. The van der Waals surface area contributed by atoms with E-state index in [4.69, 9.17) is 0 Å². The summed E-state index contributed by atoms with van der Waals surface area (Å²) in [6, 6.07) is 6.18. The van der Waals surface area contributed by atoms with Crippen molar-refractivity contribution in [3.63, 3.8) is 0 Å². The number of ether oxygens (including phenoxy) is 1. The minimum absolute atomic E-state index is 0.0628. The summed E-state index contributed by atoms with van der Waals surface area (Å²) in [7, 11) is -3.94. The molecule has 0 aliphatic rings. The van der Waals surface area contributed by atoms with Gasteiger partial charge >= 0.3 is 6.36 Å². The van der Waals surface area contributed by atoms with Gasteiger partial charge in [0, 0.05) is 6.20 Å². The highest BCUT2D eigenvalue weighted by Crippen LogP contribution is 2.26. The van der Waals surface area contributed by atoms with E-state index in [0.29, 0.717) is 6.29 Å². The number of halogens is 3. The van der Waals surface area contributed by atoms with E-state index in [2.05, 4.69) is 9.72 Å². The number of sulfone groups is 1. The van der Waals surface area contributed by atoms with E-state index in [1.807, 2.05) is 0 Å². The second-order valence-electron chi connectivity index (χ2n) is 4.06. The highest BCUT2D eigenvalue weighted by molar-refractivity contribution is 7.91. The van der Waals surface area contributed by atoms with Crippen LogP contribution in [0.2, 0.25) is 0 Å². The van der Waals surface area contributed by atoms with Crippen LogP contribution in [0.25, 0.3) is 0 Å². The Morgan fingerprint density at radius 3 is 2.05 bits per heavy atom. The van der Waals surface area contributed by atoms with E-state index < -0.39 is 21.9 Å². The van der Waals surface area contributed by atoms with Gasteiger partial charge in [0.25, 0.3) is 0 Å². The maximum Gasteiger partial charge on any atom is 0.573 e. The van der Waals surface area contributed by atoms with Crippen LogP contribution in [0.5, 0.6) is 5.75 Å². The summed E-state index contributed by atoms with van der Waals surface area (Å²) in [6.07, 6.45) is -3.40. The van der Waals surface area contributed by atoms with Gasteiger partial charge in [0.15, 0.2) is 6.29 Å². The summed E-state index contributed by atoms with van der Waals surface area (Å²) < 4.78 is 64.2. The number of carbonyl (C=O) groups is 1. The van der Waals surface area contributed by atoms with Gasteiger partial charge in [-0.05, 0) is 36.4 Å². The molecular weight excluding hydrogens is 323 g/mol. The fraction of sp³-hybridized carbons (Fsp3) is 0.0769. The van der Waals surface area contributed by atoms with E-state index in [1.165, 1.54) is 12.1 Å². The molecule has 0 aliphatic heterocycles. The summed E-state index contributed by atoms with van der Waals surface area (Å²) in [5, 5.41) is 0. The molecule has 5 nitrogen and oxygen atoms in total. The number of hydrogen-bond donors (Lipinski definition) is 0. The number of nitrogens with zero attached hydrogens (tertiary/aromatic N) is 1. The number of benzene rings is 1. The van der Waals surface area contributed by atoms with Crippen molar-refractivity contribution in [2.45, 2.75) is 16.2 Å². The summed E-state index contributed by atoms with van der Waals surface area (Å²) in [4.78, 5) is 13.7. The topological polar surface area (TPSA) is 73.3 Å². The molecule has 0 atom stereocenters. The van der Waals surface area contributed by atoms with Gasteiger partial charge in [-0.1, -0.05) is 0 Å². The molecule has 0 unspecified atom stereocenters. The second kappa shape index (κ2) is 5.76. The van der Waals surface area contributed by atoms with Crippen molar-refractivity contribution >= 4 is 16.1 Å². The first-order valence-corrected chi connectivity index (χ1v) is 7.23. The van der Waals surface area contributed by atoms with E-state index in [0.717, 1.165) is 30.5 Å². The van der Waals surface area contributed by atoms with Crippen LogP contribution in [0, 0.1) is 0 Å². The molecule has 22 heavy (non-hydrogen) atoms. The Labute approximate surface area is 123 Å². The van der Waals surface area contributed by atoms with E-state index in [-0.39, 0.29) is 15.5 Å². The smallest absolute Gasteiger partial charge is 0.406 e. The lowest BCUT2D eigenvalue weighted by molar-refractivity contribution is -0.274. The normalized spacial score (nSPS) is 12.0. The standard InChI is InChI=1S/C13H8F3NO4S/c14-13(15,16)21-10-2-5-11(6-3-10)22(19,20)12-4-1-9(8-18)17-7-12/h1-8H. The quantitative estimate of drug-likeness (QED) is 0.805. The van der Waals surface area contributed by atoms with Gasteiger partial charge in [0.1, 0.15) is 11.4 Å². The lowest BCUT2D eigenvalue weighted by Crippen LogP contribution is -2.17. The van der Waals surface area contributed by atoms with Crippen LogP contribution in [0.1, 0.15) is 10.5 Å². The van der Waals surface area contributed by atoms with Gasteiger partial charge in [-0.25, -0.2) is 8.42 Å². The Balaban J connectivity index is 2.31. The van der Waals surface area contributed by atoms with Gasteiger partial charge in [-0.2, -0.15) is 0 Å². The molecule has 0 saturated carbocycles. The van der Waals surface area contributed by atoms with Crippen LogP contribution in [0.3, 0.4) is 0 Å². The predicted molar refractivity (Wildman–Crippen MR) is 68.2 cm³/mol. The van der Waals surface area contributed by atoms with Crippen LogP contribution >= 0.6 is 0 Å². The molecule has 0 bridgehead atoms. The number of pyridine rings is 1. The van der Waals surface area contributed by atoms with Crippen molar-refractivity contribution in [3.8, 4) is 5.75 Å². The van der Waals surface area contributed by atoms with Crippen LogP contribution in [-0.2, 0) is 9.84 Å². The first-order valence-electron chi connectivity index (χ1n) is 5.74. The molecule has 0 spiro atoms. The van der Waals surface area contributed by atoms with Gasteiger partial charge in [0.05, 0.1) is 9.79 Å². The van der Waals surface area contributed by atoms with Gasteiger partial charge in [0.2, 0.25) is 9.84 Å². The van der Waals surface area contributed by atoms with Crippen LogP contribution in [-0.4, -0.2) is 26.1 Å². The zero-order valence-corrected chi connectivity index (χ0v) is 11.6. The number of hydrogen-bond acceptors (Lipinski definition) is 5. The summed E-state index contributed by atoms with van der Waals surface area (Å²) >= 11 is 0. The average Bonchev–Trinajstić information content (AvgIpc) is 2.46. The van der Waals surface area contributed by atoms with Crippen molar-refractivity contribution in [1.29, 1.82) is 0 Å². The van der Waals surface area contributed by atoms with Crippen molar-refractivity contribution < 1.29 is 31.1 Å². The fourth-order valence-corrected chi connectivity index (χ4v) is 2.78. The van der Waals surface area contributed by atoms with Gasteiger partial charge in [-0.15, -0.1) is 13.2 Å². The van der Waals surface area contributed by atoms with E-state index in [1.54, 1.807) is 0 Å². The first-order chi connectivity index (χ1) is 10.2. The first kappa shape index (κ1) is 16.0. The fourth-order valence-electron chi connectivity index (χ4n) is 1.58. The molecule has 0 saturated heterocycles. The Bertz CT molecular complexity index is 768. The Kier molecular flexibility index (Phi) is 4.18.